The molecule has 1 saturated heterocycles. The zero-order valence-corrected chi connectivity index (χ0v) is 9.99. The van der Waals surface area contributed by atoms with Gasteiger partial charge in [0.05, 0.1) is 0 Å². The molecule has 92 valence electrons. The molecule has 1 aliphatic rings. The van der Waals surface area contributed by atoms with Crippen molar-refractivity contribution in [1.82, 2.24) is 10.3 Å². The van der Waals surface area contributed by atoms with E-state index >= 15 is 0 Å². The summed E-state index contributed by atoms with van der Waals surface area (Å²) in [6, 6.07) is 5.60. The number of nitrogens with zero attached hydrogens (tertiary/aromatic N) is 1. The van der Waals surface area contributed by atoms with E-state index in [-0.39, 0.29) is 11.9 Å². The number of H-pyrrole nitrogens is 1. The minimum absolute atomic E-state index is 0.211. The van der Waals surface area contributed by atoms with Crippen molar-refractivity contribution in [3.8, 4) is 0 Å². The van der Waals surface area contributed by atoms with E-state index in [0.717, 1.165) is 22.2 Å². The average Bonchev–Trinajstić information content (AvgIpc) is 2.75. The molecule has 2 N–H and O–H groups in total. The number of imide groups is 1. The first kappa shape index (κ1) is 10.8. The zero-order chi connectivity index (χ0) is 12.7. The fraction of sp³-hybridized carbons (Fsp3) is 0.231. The van der Waals surface area contributed by atoms with E-state index in [4.69, 9.17) is 0 Å². The Balaban J connectivity index is 2.05. The molecule has 1 aromatic carbocycles. The van der Waals surface area contributed by atoms with E-state index in [1.807, 2.05) is 31.3 Å². The molecule has 1 aromatic heterocycles. The third-order valence-electron chi connectivity index (χ3n) is 3.21. The molecule has 0 bridgehead atoms. The predicted octanol–water partition coefficient (Wildman–Crippen LogP) is 1.92. The number of hydrogen-bond donors (Lipinski definition) is 2. The van der Waals surface area contributed by atoms with Crippen LogP contribution in [0.1, 0.15) is 12.0 Å². The number of fused-ring (bicyclic) bond motifs is 1. The van der Waals surface area contributed by atoms with Crippen LogP contribution in [-0.4, -0.2) is 23.5 Å². The van der Waals surface area contributed by atoms with Crippen molar-refractivity contribution in [3.63, 3.8) is 0 Å². The Hall–Kier alpha value is -2.30. The van der Waals surface area contributed by atoms with Gasteiger partial charge in [-0.1, -0.05) is 0 Å². The molecule has 5 heteroatoms. The second kappa shape index (κ2) is 3.87. The predicted molar refractivity (Wildman–Crippen MR) is 68.5 cm³/mol. The van der Waals surface area contributed by atoms with Gasteiger partial charge in [-0.3, -0.25) is 15.0 Å². The normalized spacial score (nSPS) is 16.2. The molecule has 0 unspecified atom stereocenters. The summed E-state index contributed by atoms with van der Waals surface area (Å²) in [7, 11) is 0. The molecule has 0 atom stereocenters. The van der Waals surface area contributed by atoms with E-state index in [1.165, 1.54) is 0 Å². The van der Waals surface area contributed by atoms with Crippen LogP contribution in [0, 0.1) is 6.92 Å². The van der Waals surface area contributed by atoms with Gasteiger partial charge in [-0.05, 0) is 30.7 Å². The van der Waals surface area contributed by atoms with E-state index in [9.17, 15) is 9.59 Å². The highest BCUT2D eigenvalue weighted by atomic mass is 16.2. The Kier molecular flexibility index (Phi) is 2.33. The Morgan fingerprint density at radius 1 is 1.28 bits per heavy atom. The summed E-state index contributed by atoms with van der Waals surface area (Å²) in [5.74, 6) is -0.211. The van der Waals surface area contributed by atoms with Gasteiger partial charge in [0.25, 0.3) is 0 Å². The van der Waals surface area contributed by atoms with E-state index in [1.54, 1.807) is 4.90 Å². The molecule has 2 aromatic rings. The van der Waals surface area contributed by atoms with Crippen molar-refractivity contribution >= 4 is 28.5 Å². The van der Waals surface area contributed by atoms with E-state index < -0.39 is 0 Å². The van der Waals surface area contributed by atoms with Crippen LogP contribution >= 0.6 is 0 Å². The van der Waals surface area contributed by atoms with E-state index in [2.05, 4.69) is 10.3 Å². The van der Waals surface area contributed by atoms with Crippen molar-refractivity contribution in [2.75, 3.05) is 11.4 Å². The lowest BCUT2D eigenvalue weighted by Crippen LogP contribution is -2.49. The molecule has 3 amide bonds. The number of nitrogens with one attached hydrogen (secondary N) is 2. The number of rotatable bonds is 1. The summed E-state index contributed by atoms with van der Waals surface area (Å²) in [6.07, 6.45) is 2.21. The smallest absolute Gasteiger partial charge is 0.328 e. The van der Waals surface area contributed by atoms with Crippen molar-refractivity contribution < 1.29 is 9.59 Å². The molecule has 1 aliphatic heterocycles. The first-order valence-electron chi connectivity index (χ1n) is 5.84. The number of benzene rings is 1. The van der Waals surface area contributed by atoms with Crippen LogP contribution in [0.4, 0.5) is 10.5 Å². The van der Waals surface area contributed by atoms with Crippen LogP contribution < -0.4 is 10.2 Å². The molecular weight excluding hydrogens is 230 g/mol. The summed E-state index contributed by atoms with van der Waals surface area (Å²) >= 11 is 0. The quantitative estimate of drug-likeness (QED) is 0.803. The Morgan fingerprint density at radius 2 is 2.11 bits per heavy atom. The van der Waals surface area contributed by atoms with Gasteiger partial charge in [-0.2, -0.15) is 0 Å². The molecule has 3 rings (SSSR count). The molecule has 1 fully saturated rings. The molecule has 0 spiro atoms. The first-order valence-corrected chi connectivity index (χ1v) is 5.84. The zero-order valence-electron chi connectivity index (χ0n) is 9.99. The van der Waals surface area contributed by atoms with Gasteiger partial charge in [-0.15, -0.1) is 0 Å². The van der Waals surface area contributed by atoms with Gasteiger partial charge >= 0.3 is 6.03 Å². The molecule has 2 heterocycles. The lowest BCUT2D eigenvalue weighted by atomic mass is 10.1. The maximum Gasteiger partial charge on any atom is 0.328 e. The summed E-state index contributed by atoms with van der Waals surface area (Å²) in [6.45, 7) is 2.39. The Morgan fingerprint density at radius 3 is 2.89 bits per heavy atom. The topological polar surface area (TPSA) is 65.2 Å². The second-order valence-electron chi connectivity index (χ2n) is 4.46. The van der Waals surface area contributed by atoms with Gasteiger partial charge in [-0.25, -0.2) is 4.79 Å². The fourth-order valence-electron chi connectivity index (χ4n) is 2.28. The summed E-state index contributed by atoms with van der Waals surface area (Å²) in [5, 5.41) is 3.39. The number of aryl methyl sites for hydroxylation is 1. The summed E-state index contributed by atoms with van der Waals surface area (Å²) in [4.78, 5) is 27.7. The number of aromatic nitrogens is 1. The molecule has 0 aliphatic carbocycles. The van der Waals surface area contributed by atoms with Gasteiger partial charge in [0.2, 0.25) is 5.91 Å². The molecule has 5 nitrogen and oxygen atoms in total. The highest BCUT2D eigenvalue weighted by Gasteiger charge is 2.25. The molecule has 0 saturated carbocycles. The third-order valence-corrected chi connectivity index (χ3v) is 3.21. The molecular formula is C13H13N3O2. The monoisotopic (exact) mass is 243 g/mol. The minimum atomic E-state index is -0.343. The van der Waals surface area contributed by atoms with Crippen molar-refractivity contribution in [1.29, 1.82) is 0 Å². The Labute approximate surface area is 104 Å². The van der Waals surface area contributed by atoms with Crippen LogP contribution in [0.2, 0.25) is 0 Å². The van der Waals surface area contributed by atoms with Crippen LogP contribution in [0.5, 0.6) is 0 Å². The Bertz CT molecular complexity index is 645. The third kappa shape index (κ3) is 1.64. The summed E-state index contributed by atoms with van der Waals surface area (Å²) < 4.78 is 0. The molecule has 0 radical (unpaired) electrons. The van der Waals surface area contributed by atoms with Gasteiger partial charge in [0, 0.05) is 35.8 Å². The van der Waals surface area contributed by atoms with Crippen LogP contribution in [0.3, 0.4) is 0 Å². The van der Waals surface area contributed by atoms with Gasteiger partial charge in [0.15, 0.2) is 0 Å². The fourth-order valence-corrected chi connectivity index (χ4v) is 2.28. The highest BCUT2D eigenvalue weighted by Crippen LogP contribution is 2.27. The number of anilines is 1. The molecule has 18 heavy (non-hydrogen) atoms. The number of amides is 3. The standard InChI is InChI=1S/C13H13N3O2/c1-8-6-10-9(2-4-14-10)7-11(8)16-5-3-12(17)15-13(16)18/h2,4,6-7,14H,3,5H2,1H3,(H,15,17,18). The van der Waals surface area contributed by atoms with Crippen molar-refractivity contribution in [2.24, 2.45) is 0 Å². The van der Waals surface area contributed by atoms with Crippen molar-refractivity contribution in [2.45, 2.75) is 13.3 Å². The van der Waals surface area contributed by atoms with Crippen molar-refractivity contribution in [3.05, 3.63) is 30.0 Å². The van der Waals surface area contributed by atoms with Gasteiger partial charge in [0.1, 0.15) is 0 Å². The average molecular weight is 243 g/mol. The van der Waals surface area contributed by atoms with Crippen LogP contribution in [-0.2, 0) is 4.79 Å². The van der Waals surface area contributed by atoms with Gasteiger partial charge < -0.3 is 4.98 Å². The largest absolute Gasteiger partial charge is 0.361 e. The van der Waals surface area contributed by atoms with Crippen LogP contribution in [0.25, 0.3) is 10.9 Å². The number of aromatic amines is 1. The maximum absolute atomic E-state index is 11.8. The first-order chi connectivity index (χ1) is 8.65. The summed E-state index contributed by atoms with van der Waals surface area (Å²) in [5.41, 5.74) is 2.91. The van der Waals surface area contributed by atoms with Crippen LogP contribution in [0.15, 0.2) is 24.4 Å². The minimum Gasteiger partial charge on any atom is -0.361 e. The number of urea groups is 1. The lowest BCUT2D eigenvalue weighted by molar-refractivity contribution is -0.120. The number of hydrogen-bond acceptors (Lipinski definition) is 2. The number of carbonyl (C=O) groups is 2. The lowest BCUT2D eigenvalue weighted by Gasteiger charge is -2.27. The number of carbonyl (C=O) groups excluding carboxylic acids is 2. The highest BCUT2D eigenvalue weighted by molar-refractivity contribution is 6.06. The maximum atomic E-state index is 11.8. The SMILES string of the molecule is Cc1cc2[nH]ccc2cc1N1CCC(=O)NC1=O. The van der Waals surface area contributed by atoms with E-state index in [0.29, 0.717) is 13.0 Å². The second-order valence-corrected chi connectivity index (χ2v) is 4.46.